The molecule has 0 aromatic heterocycles. The third kappa shape index (κ3) is 3.58. The molecule has 1 aliphatic heterocycles. The summed E-state index contributed by atoms with van der Waals surface area (Å²) in [6.45, 7) is 2.09. The number of hydrogen-bond donors (Lipinski definition) is 1. The molecule has 1 spiro atoms. The number of benzene rings is 2. The molecule has 5 nitrogen and oxygen atoms in total. The van der Waals surface area contributed by atoms with Gasteiger partial charge in [0.25, 0.3) is 5.69 Å². The molecule has 0 radical (unpaired) electrons. The lowest BCUT2D eigenvalue weighted by molar-refractivity contribution is -0.384. The topological polar surface area (TPSA) is 67.5 Å². The molecule has 140 valence electrons. The number of aryl methyl sites for hydroxylation is 1. The maximum atomic E-state index is 11.3. The number of aliphatic imine (C=N–C) groups is 1. The fraction of sp³-hybridized carbons (Fsp3) is 0.381. The Morgan fingerprint density at radius 2 is 2.00 bits per heavy atom. The van der Waals surface area contributed by atoms with E-state index in [0.717, 1.165) is 34.2 Å². The van der Waals surface area contributed by atoms with Gasteiger partial charge in [0.15, 0.2) is 5.17 Å². The van der Waals surface area contributed by atoms with Crippen LogP contribution in [0.25, 0.3) is 11.1 Å². The molecule has 1 saturated heterocycles. The summed E-state index contributed by atoms with van der Waals surface area (Å²) in [6.07, 6.45) is 5.89. The minimum atomic E-state index is -0.324. The number of nitro groups is 1. The van der Waals surface area contributed by atoms with Crippen LogP contribution >= 0.6 is 11.8 Å². The highest BCUT2D eigenvalue weighted by atomic mass is 32.2. The van der Waals surface area contributed by atoms with Gasteiger partial charge in [-0.3, -0.25) is 10.1 Å². The van der Waals surface area contributed by atoms with Gasteiger partial charge in [-0.25, -0.2) is 4.99 Å². The van der Waals surface area contributed by atoms with E-state index >= 15 is 0 Å². The number of nitro benzene ring substituents is 1. The average Bonchev–Trinajstić information content (AvgIpc) is 3.31. The van der Waals surface area contributed by atoms with Crippen molar-refractivity contribution in [3.63, 3.8) is 0 Å². The van der Waals surface area contributed by atoms with Crippen LogP contribution in [0, 0.1) is 10.1 Å². The largest absolute Gasteiger partial charge is 0.358 e. The van der Waals surface area contributed by atoms with E-state index in [1.165, 1.54) is 25.7 Å². The summed E-state index contributed by atoms with van der Waals surface area (Å²) in [6, 6.07) is 12.8. The minimum absolute atomic E-state index is 0.134. The summed E-state index contributed by atoms with van der Waals surface area (Å²) in [5, 5.41) is 16.0. The van der Waals surface area contributed by atoms with E-state index in [0.29, 0.717) is 5.56 Å². The highest BCUT2D eigenvalue weighted by Crippen LogP contribution is 2.39. The van der Waals surface area contributed by atoms with Crippen molar-refractivity contribution in [2.75, 3.05) is 5.75 Å². The van der Waals surface area contributed by atoms with E-state index < -0.39 is 0 Å². The lowest BCUT2D eigenvalue weighted by Crippen LogP contribution is -2.40. The van der Waals surface area contributed by atoms with Crippen LogP contribution in [0.3, 0.4) is 0 Å². The van der Waals surface area contributed by atoms with Crippen LogP contribution < -0.4 is 5.32 Å². The molecule has 6 heteroatoms. The number of nitrogens with zero attached hydrogens (tertiary/aromatic N) is 2. The highest BCUT2D eigenvalue weighted by molar-refractivity contribution is 8.14. The Morgan fingerprint density at radius 3 is 2.74 bits per heavy atom. The molecule has 0 unspecified atom stereocenters. The number of nitrogens with one attached hydrogen (secondary N) is 1. The molecule has 1 saturated carbocycles. The first kappa shape index (κ1) is 18.0. The summed E-state index contributed by atoms with van der Waals surface area (Å²) in [5.41, 5.74) is 3.95. The Kier molecular flexibility index (Phi) is 4.91. The number of rotatable bonds is 4. The predicted octanol–water partition coefficient (Wildman–Crippen LogP) is 5.46. The molecule has 0 atom stereocenters. The van der Waals surface area contributed by atoms with Crippen LogP contribution in [0.4, 0.5) is 11.4 Å². The molecule has 1 heterocycles. The SMILES string of the molecule is CCc1cc(-c2ccccc2[N+](=O)[O-])ccc1/N=C1\NC2(CCCC2)CS1. The summed E-state index contributed by atoms with van der Waals surface area (Å²) in [4.78, 5) is 15.9. The van der Waals surface area contributed by atoms with Crippen molar-refractivity contribution in [2.24, 2.45) is 4.99 Å². The van der Waals surface area contributed by atoms with Gasteiger partial charge >= 0.3 is 0 Å². The molecule has 2 aromatic rings. The molecule has 2 aliphatic rings. The van der Waals surface area contributed by atoms with Crippen LogP contribution in [0.1, 0.15) is 38.2 Å². The van der Waals surface area contributed by atoms with Gasteiger partial charge in [0.1, 0.15) is 0 Å². The molecule has 0 bridgehead atoms. The van der Waals surface area contributed by atoms with Crippen molar-refractivity contribution in [3.8, 4) is 11.1 Å². The van der Waals surface area contributed by atoms with Gasteiger partial charge in [-0.2, -0.15) is 0 Å². The molecular weight excluding hydrogens is 358 g/mol. The summed E-state index contributed by atoms with van der Waals surface area (Å²) < 4.78 is 0. The second-order valence-corrected chi connectivity index (χ2v) is 8.25. The van der Waals surface area contributed by atoms with E-state index in [2.05, 4.69) is 12.2 Å². The first-order valence-electron chi connectivity index (χ1n) is 9.47. The van der Waals surface area contributed by atoms with Gasteiger partial charge in [-0.1, -0.05) is 49.7 Å². The molecule has 1 aliphatic carbocycles. The first-order chi connectivity index (χ1) is 13.1. The van der Waals surface area contributed by atoms with Crippen molar-refractivity contribution in [3.05, 3.63) is 58.1 Å². The predicted molar refractivity (Wildman–Crippen MR) is 112 cm³/mol. The molecule has 1 N–H and O–H groups in total. The van der Waals surface area contributed by atoms with E-state index in [1.807, 2.05) is 36.0 Å². The van der Waals surface area contributed by atoms with E-state index in [-0.39, 0.29) is 16.1 Å². The quantitative estimate of drug-likeness (QED) is 0.564. The first-order valence-corrected chi connectivity index (χ1v) is 10.5. The van der Waals surface area contributed by atoms with Crippen molar-refractivity contribution in [1.82, 2.24) is 5.32 Å². The number of thioether (sulfide) groups is 1. The van der Waals surface area contributed by atoms with Crippen molar-refractivity contribution >= 4 is 28.3 Å². The average molecular weight is 382 g/mol. The van der Waals surface area contributed by atoms with Crippen molar-refractivity contribution < 1.29 is 4.92 Å². The maximum absolute atomic E-state index is 11.3. The van der Waals surface area contributed by atoms with Crippen LogP contribution in [0.5, 0.6) is 0 Å². The van der Waals surface area contributed by atoms with Gasteiger partial charge in [0.2, 0.25) is 0 Å². The fourth-order valence-corrected chi connectivity index (χ4v) is 5.24. The Balaban J connectivity index is 1.65. The summed E-state index contributed by atoms with van der Waals surface area (Å²) >= 11 is 1.81. The second-order valence-electron chi connectivity index (χ2n) is 7.29. The summed E-state index contributed by atoms with van der Waals surface area (Å²) in [5.74, 6) is 1.10. The van der Waals surface area contributed by atoms with Crippen LogP contribution in [0.15, 0.2) is 47.5 Å². The minimum Gasteiger partial charge on any atom is -0.358 e. The van der Waals surface area contributed by atoms with Gasteiger partial charge in [0, 0.05) is 17.4 Å². The Morgan fingerprint density at radius 1 is 1.22 bits per heavy atom. The fourth-order valence-electron chi connectivity index (χ4n) is 4.02. The third-order valence-corrected chi connectivity index (χ3v) is 6.68. The summed E-state index contributed by atoms with van der Waals surface area (Å²) in [7, 11) is 0. The number of hydrogen-bond acceptors (Lipinski definition) is 4. The monoisotopic (exact) mass is 381 g/mol. The van der Waals surface area contributed by atoms with Gasteiger partial charge in [-0.05, 0) is 48.6 Å². The molecule has 2 aromatic carbocycles. The smallest absolute Gasteiger partial charge is 0.277 e. The molecule has 2 fully saturated rings. The highest BCUT2D eigenvalue weighted by Gasteiger charge is 2.39. The second kappa shape index (κ2) is 7.35. The van der Waals surface area contributed by atoms with Crippen LogP contribution in [-0.4, -0.2) is 21.4 Å². The Labute approximate surface area is 163 Å². The van der Waals surface area contributed by atoms with Gasteiger partial charge in [0.05, 0.1) is 16.2 Å². The Hall–Kier alpha value is -2.34. The molecule has 27 heavy (non-hydrogen) atoms. The van der Waals surface area contributed by atoms with Gasteiger partial charge in [-0.15, -0.1) is 0 Å². The molecule has 4 rings (SSSR count). The normalized spacial score (nSPS) is 19.5. The third-order valence-electron chi connectivity index (χ3n) is 5.51. The standard InChI is InChI=1S/C21H23N3O2S/c1-2-15-13-16(17-7-3-4-8-19(17)24(25)26)9-10-18(15)22-20-23-21(14-27-20)11-5-6-12-21/h3-4,7-10,13H,2,5-6,11-12,14H2,1H3,(H,22,23). The van der Waals surface area contributed by atoms with E-state index in [9.17, 15) is 10.1 Å². The number of amidine groups is 1. The lowest BCUT2D eigenvalue weighted by atomic mass is 9.99. The van der Waals surface area contributed by atoms with Crippen LogP contribution in [0.2, 0.25) is 0 Å². The van der Waals surface area contributed by atoms with Gasteiger partial charge < -0.3 is 5.32 Å². The number of para-hydroxylation sites is 1. The zero-order chi connectivity index (χ0) is 18.9. The Bertz CT molecular complexity index is 904. The van der Waals surface area contributed by atoms with Crippen molar-refractivity contribution in [1.29, 1.82) is 0 Å². The molecular formula is C21H23N3O2S. The van der Waals surface area contributed by atoms with Crippen molar-refractivity contribution in [2.45, 2.75) is 44.6 Å². The van der Waals surface area contributed by atoms with E-state index in [4.69, 9.17) is 4.99 Å². The van der Waals surface area contributed by atoms with Crippen LogP contribution in [-0.2, 0) is 6.42 Å². The lowest BCUT2D eigenvalue weighted by Gasteiger charge is -2.21. The maximum Gasteiger partial charge on any atom is 0.277 e. The molecule has 0 amide bonds. The van der Waals surface area contributed by atoms with E-state index in [1.54, 1.807) is 18.2 Å². The zero-order valence-corrected chi connectivity index (χ0v) is 16.2. The zero-order valence-electron chi connectivity index (χ0n) is 15.4.